The Labute approximate surface area is 120 Å². The van der Waals surface area contributed by atoms with Crippen LogP contribution in [0.2, 0.25) is 0 Å². The molecule has 1 heterocycles. The average Bonchev–Trinajstić information content (AvgIpc) is 2.47. The molecule has 2 aromatic carbocycles. The summed E-state index contributed by atoms with van der Waals surface area (Å²) in [6.45, 7) is 0. The zero-order chi connectivity index (χ0) is 14.1. The van der Waals surface area contributed by atoms with Crippen LogP contribution in [0.25, 0.3) is 0 Å². The van der Waals surface area contributed by atoms with Gasteiger partial charge < -0.3 is 5.32 Å². The predicted octanol–water partition coefficient (Wildman–Crippen LogP) is 3.57. The van der Waals surface area contributed by atoms with Gasteiger partial charge in [0.05, 0.1) is 11.4 Å². The van der Waals surface area contributed by atoms with Gasteiger partial charge in [0.2, 0.25) is 0 Å². The Balaban J connectivity index is 2.04. The van der Waals surface area contributed by atoms with Gasteiger partial charge in [-0.2, -0.15) is 10.2 Å². The average molecular weight is 287 g/mol. The van der Waals surface area contributed by atoms with Crippen LogP contribution in [-0.2, 0) is 0 Å². The van der Waals surface area contributed by atoms with Crippen molar-refractivity contribution in [2.24, 2.45) is 0 Å². The van der Waals surface area contributed by atoms with Crippen molar-refractivity contribution in [3.63, 3.8) is 0 Å². The van der Waals surface area contributed by atoms with E-state index in [9.17, 15) is 10.0 Å². The minimum absolute atomic E-state index is 0.399. The van der Waals surface area contributed by atoms with Crippen molar-refractivity contribution < 1.29 is 10.0 Å². The molecule has 20 heavy (non-hydrogen) atoms. The fraction of sp³-hybridized carbons (Fsp3) is 0.0714. The molecule has 2 aromatic rings. The fourth-order valence-electron chi connectivity index (χ4n) is 2.08. The van der Waals surface area contributed by atoms with Crippen molar-refractivity contribution >= 4 is 34.9 Å². The number of nitrogens with zero attached hydrogens (tertiary/aromatic N) is 2. The Morgan fingerprint density at radius 2 is 1.95 bits per heavy atom. The van der Waals surface area contributed by atoms with Crippen molar-refractivity contribution in [1.29, 1.82) is 0 Å². The van der Waals surface area contributed by atoms with Crippen LogP contribution >= 0.6 is 11.8 Å². The van der Waals surface area contributed by atoms with E-state index in [4.69, 9.17) is 0 Å². The first-order valence-corrected chi connectivity index (χ1v) is 7.26. The molecule has 6 heteroatoms. The van der Waals surface area contributed by atoms with E-state index in [1.54, 1.807) is 42.1 Å². The number of urea groups is 1. The number of rotatable bonds is 2. The Kier molecular flexibility index (Phi) is 3.25. The molecule has 0 aliphatic carbocycles. The molecule has 0 fully saturated rings. The molecule has 1 aliphatic rings. The van der Waals surface area contributed by atoms with Gasteiger partial charge >= 0.3 is 6.03 Å². The Bertz CT molecular complexity index is 662. The van der Waals surface area contributed by atoms with E-state index in [0.717, 1.165) is 10.1 Å². The molecule has 0 radical (unpaired) electrons. The molecular formula is C14H13N3O2S. The maximum atomic E-state index is 12.2. The highest BCUT2D eigenvalue weighted by molar-refractivity contribution is 7.98. The van der Waals surface area contributed by atoms with E-state index in [-0.39, 0.29) is 0 Å². The van der Waals surface area contributed by atoms with E-state index in [0.29, 0.717) is 17.1 Å². The number of hydrogen-bond acceptors (Lipinski definition) is 4. The van der Waals surface area contributed by atoms with Crippen molar-refractivity contribution in [3.8, 4) is 0 Å². The van der Waals surface area contributed by atoms with E-state index in [1.165, 1.54) is 5.01 Å². The first kappa shape index (κ1) is 12.8. The maximum absolute atomic E-state index is 12.2. The summed E-state index contributed by atoms with van der Waals surface area (Å²) in [6.07, 6.45) is 1.96. The standard InChI is InChI=1S/C14H13N3O2S/c1-20-11-6-4-5-10(9-11)16-14(18)15-12-7-2-3-8-13(12)17(16)19/h2-9,19H,1H3,(H,15,18). The second-order valence-electron chi connectivity index (χ2n) is 4.25. The van der Waals surface area contributed by atoms with Crippen molar-refractivity contribution in [1.82, 2.24) is 0 Å². The van der Waals surface area contributed by atoms with Crippen molar-refractivity contribution in [3.05, 3.63) is 48.5 Å². The summed E-state index contributed by atoms with van der Waals surface area (Å²) >= 11 is 1.58. The number of hydrazine groups is 1. The predicted molar refractivity (Wildman–Crippen MR) is 80.4 cm³/mol. The Morgan fingerprint density at radius 1 is 1.15 bits per heavy atom. The molecule has 0 aromatic heterocycles. The number of para-hydroxylation sites is 2. The number of benzene rings is 2. The quantitative estimate of drug-likeness (QED) is 0.829. The topological polar surface area (TPSA) is 55.8 Å². The van der Waals surface area contributed by atoms with E-state index < -0.39 is 6.03 Å². The highest BCUT2D eigenvalue weighted by Gasteiger charge is 2.30. The summed E-state index contributed by atoms with van der Waals surface area (Å²) in [5, 5.41) is 15.1. The number of carbonyl (C=O) groups is 1. The van der Waals surface area contributed by atoms with Crippen molar-refractivity contribution in [2.45, 2.75) is 4.90 Å². The zero-order valence-corrected chi connectivity index (χ0v) is 11.6. The lowest BCUT2D eigenvalue weighted by atomic mass is 10.2. The highest BCUT2D eigenvalue weighted by atomic mass is 32.2. The number of nitrogens with one attached hydrogen (secondary N) is 1. The van der Waals surface area contributed by atoms with Gasteiger partial charge in [-0.25, -0.2) is 4.79 Å². The van der Waals surface area contributed by atoms with Crippen LogP contribution in [0.3, 0.4) is 0 Å². The van der Waals surface area contributed by atoms with Crippen LogP contribution in [0.1, 0.15) is 0 Å². The lowest BCUT2D eigenvalue weighted by Crippen LogP contribution is -2.50. The summed E-state index contributed by atoms with van der Waals surface area (Å²) in [6, 6.07) is 14.1. The number of fused-ring (bicyclic) bond motifs is 1. The summed E-state index contributed by atoms with van der Waals surface area (Å²) in [5.74, 6) is 0. The zero-order valence-electron chi connectivity index (χ0n) is 10.8. The lowest BCUT2D eigenvalue weighted by molar-refractivity contribution is 0.221. The van der Waals surface area contributed by atoms with Crippen LogP contribution < -0.4 is 15.5 Å². The van der Waals surface area contributed by atoms with Crippen LogP contribution in [0.15, 0.2) is 53.4 Å². The first-order chi connectivity index (χ1) is 9.70. The number of amides is 2. The number of anilines is 3. The van der Waals surface area contributed by atoms with Gasteiger partial charge in [0, 0.05) is 4.90 Å². The van der Waals surface area contributed by atoms with Crippen LogP contribution in [0, 0.1) is 0 Å². The Morgan fingerprint density at radius 3 is 2.75 bits per heavy atom. The SMILES string of the molecule is CSc1cccc(N2C(=O)Nc3ccccc3N2O)c1. The van der Waals surface area contributed by atoms with Crippen LogP contribution in [0.5, 0.6) is 0 Å². The fourth-order valence-corrected chi connectivity index (χ4v) is 2.54. The molecule has 3 rings (SSSR count). The second-order valence-corrected chi connectivity index (χ2v) is 5.13. The summed E-state index contributed by atoms with van der Waals surface area (Å²) in [7, 11) is 0. The van der Waals surface area contributed by atoms with Crippen molar-refractivity contribution in [2.75, 3.05) is 21.8 Å². The highest BCUT2D eigenvalue weighted by Crippen LogP contribution is 2.33. The normalized spacial score (nSPS) is 14.0. The molecular weight excluding hydrogens is 274 g/mol. The smallest absolute Gasteiger partial charge is 0.304 e. The molecule has 0 atom stereocenters. The minimum atomic E-state index is -0.399. The largest absolute Gasteiger partial charge is 0.347 e. The molecule has 0 spiro atoms. The van der Waals surface area contributed by atoms with Gasteiger partial charge in [0.25, 0.3) is 0 Å². The molecule has 0 bridgehead atoms. The first-order valence-electron chi connectivity index (χ1n) is 6.04. The van der Waals surface area contributed by atoms with E-state index >= 15 is 0 Å². The number of carbonyl (C=O) groups excluding carboxylic acids is 1. The molecule has 102 valence electrons. The summed E-state index contributed by atoms with van der Waals surface area (Å²) < 4.78 is 0. The monoisotopic (exact) mass is 287 g/mol. The number of thioether (sulfide) groups is 1. The van der Waals surface area contributed by atoms with Crippen LogP contribution in [0.4, 0.5) is 21.9 Å². The van der Waals surface area contributed by atoms with Gasteiger partial charge in [0.15, 0.2) is 0 Å². The van der Waals surface area contributed by atoms with E-state index in [2.05, 4.69) is 5.32 Å². The molecule has 0 unspecified atom stereocenters. The van der Waals surface area contributed by atoms with Gasteiger partial charge in [0.1, 0.15) is 5.69 Å². The second kappa shape index (κ2) is 5.07. The number of hydrogen-bond donors (Lipinski definition) is 2. The third-order valence-electron chi connectivity index (χ3n) is 3.04. The maximum Gasteiger partial charge on any atom is 0.347 e. The third kappa shape index (κ3) is 2.09. The summed E-state index contributed by atoms with van der Waals surface area (Å²) in [5.41, 5.74) is 1.71. The van der Waals surface area contributed by atoms with E-state index in [1.807, 2.05) is 24.5 Å². The molecule has 2 N–H and O–H groups in total. The van der Waals surface area contributed by atoms with Gasteiger partial charge in [-0.15, -0.1) is 11.8 Å². The molecule has 0 saturated heterocycles. The third-order valence-corrected chi connectivity index (χ3v) is 3.77. The Hall–Kier alpha value is -2.18. The lowest BCUT2D eigenvalue weighted by Gasteiger charge is -2.36. The molecule has 2 amide bonds. The van der Waals surface area contributed by atoms with Gasteiger partial charge in [-0.05, 0) is 36.6 Å². The molecule has 5 nitrogen and oxygen atoms in total. The van der Waals surface area contributed by atoms with Gasteiger partial charge in [-0.1, -0.05) is 18.2 Å². The molecule has 0 saturated carbocycles. The molecule has 1 aliphatic heterocycles. The van der Waals surface area contributed by atoms with Gasteiger partial charge in [-0.3, -0.25) is 5.21 Å². The minimum Gasteiger partial charge on any atom is -0.304 e. The van der Waals surface area contributed by atoms with Crippen LogP contribution in [-0.4, -0.2) is 17.5 Å². The summed E-state index contributed by atoms with van der Waals surface area (Å²) in [4.78, 5) is 13.2.